The first-order valence-electron chi connectivity index (χ1n) is 10.2. The summed E-state index contributed by atoms with van der Waals surface area (Å²) in [6.07, 6.45) is 0. The first kappa shape index (κ1) is 23.8. The van der Waals surface area contributed by atoms with Crippen LogP contribution in [0.15, 0.2) is 46.9 Å². The molecule has 2 aromatic carbocycles. The van der Waals surface area contributed by atoms with Crippen molar-refractivity contribution >= 4 is 57.3 Å². The average molecular weight is 518 g/mol. The molecule has 33 heavy (non-hydrogen) atoms. The zero-order chi connectivity index (χ0) is 23.5. The van der Waals surface area contributed by atoms with E-state index in [0.717, 1.165) is 16.8 Å². The number of benzene rings is 2. The number of nitrogens with zero attached hydrogens (tertiary/aromatic N) is 4. The van der Waals surface area contributed by atoms with Crippen molar-refractivity contribution < 1.29 is 4.79 Å². The van der Waals surface area contributed by atoms with Crippen molar-refractivity contribution in [1.29, 1.82) is 0 Å². The van der Waals surface area contributed by atoms with E-state index in [2.05, 4.69) is 46.5 Å². The smallest absolute Gasteiger partial charge is 0.236 e. The maximum absolute atomic E-state index is 12.5. The topological polar surface area (TPSA) is 72.7 Å². The highest BCUT2D eigenvalue weighted by molar-refractivity contribution is 7.99. The second kappa shape index (κ2) is 10.3. The quantitative estimate of drug-likeness (QED) is 0.274. The van der Waals surface area contributed by atoms with Crippen molar-refractivity contribution in [3.05, 3.63) is 63.0 Å². The number of thiazole rings is 1. The van der Waals surface area contributed by atoms with E-state index in [1.807, 2.05) is 29.0 Å². The molecule has 0 fully saturated rings. The first-order chi connectivity index (χ1) is 15.9. The molecule has 4 aromatic rings. The predicted octanol–water partition coefficient (Wildman–Crippen LogP) is 6.74. The zero-order valence-corrected chi connectivity index (χ0v) is 21.4. The fourth-order valence-corrected chi connectivity index (χ4v) is 5.23. The molecule has 6 nitrogen and oxygen atoms in total. The maximum Gasteiger partial charge on any atom is 0.236 e. The maximum atomic E-state index is 12.5. The van der Waals surface area contributed by atoms with Crippen LogP contribution in [0.25, 0.3) is 22.6 Å². The lowest BCUT2D eigenvalue weighted by atomic mass is 10.1. The normalized spacial score (nSPS) is 11.1. The largest absolute Gasteiger partial charge is 0.302 e. The van der Waals surface area contributed by atoms with Crippen molar-refractivity contribution in [2.24, 2.45) is 0 Å². The molecule has 170 valence electrons. The Labute approximate surface area is 210 Å². The lowest BCUT2D eigenvalue weighted by Gasteiger charge is -2.08. The summed E-state index contributed by atoms with van der Waals surface area (Å²) in [5.74, 6) is 0.670. The molecule has 2 heterocycles. The number of aromatic nitrogens is 4. The molecule has 2 aromatic heterocycles. The van der Waals surface area contributed by atoms with Gasteiger partial charge in [0.1, 0.15) is 0 Å². The lowest BCUT2D eigenvalue weighted by Crippen LogP contribution is -2.14. The minimum Gasteiger partial charge on any atom is -0.302 e. The Hall–Kier alpha value is -2.39. The molecule has 1 N–H and O–H groups in total. The van der Waals surface area contributed by atoms with Crippen LogP contribution in [-0.4, -0.2) is 31.4 Å². The average Bonchev–Trinajstić information content (AvgIpc) is 3.41. The fourth-order valence-electron chi connectivity index (χ4n) is 3.20. The molecule has 0 spiro atoms. The molecule has 1 amide bonds. The number of carbonyl (C=O) groups excluding carboxylic acids is 1. The van der Waals surface area contributed by atoms with Crippen LogP contribution in [0.1, 0.15) is 18.1 Å². The first-order valence-corrected chi connectivity index (χ1v) is 12.8. The highest BCUT2D eigenvalue weighted by atomic mass is 35.5. The number of aryl methyl sites for hydroxylation is 2. The van der Waals surface area contributed by atoms with Crippen molar-refractivity contribution in [2.75, 3.05) is 11.1 Å². The van der Waals surface area contributed by atoms with Gasteiger partial charge in [-0.15, -0.1) is 21.5 Å². The second-order valence-corrected chi connectivity index (χ2v) is 9.99. The number of nitrogens with one attached hydrogen (secondary N) is 1. The third-order valence-corrected chi connectivity index (χ3v) is 7.36. The van der Waals surface area contributed by atoms with Gasteiger partial charge < -0.3 is 9.88 Å². The van der Waals surface area contributed by atoms with Gasteiger partial charge in [-0.05, 0) is 56.2 Å². The molecule has 4 rings (SSSR count). The van der Waals surface area contributed by atoms with Gasteiger partial charge in [-0.25, -0.2) is 4.98 Å². The highest BCUT2D eigenvalue weighted by Gasteiger charge is 2.17. The number of anilines is 1. The van der Waals surface area contributed by atoms with Gasteiger partial charge >= 0.3 is 0 Å². The van der Waals surface area contributed by atoms with E-state index in [-0.39, 0.29) is 11.7 Å². The molecule has 0 unspecified atom stereocenters. The molecule has 0 radical (unpaired) electrons. The lowest BCUT2D eigenvalue weighted by molar-refractivity contribution is -0.113. The minimum absolute atomic E-state index is 0.155. The Morgan fingerprint density at radius 1 is 1.12 bits per heavy atom. The third kappa shape index (κ3) is 5.41. The van der Waals surface area contributed by atoms with Crippen LogP contribution in [0.3, 0.4) is 0 Å². The molecular weight excluding hydrogens is 497 g/mol. The van der Waals surface area contributed by atoms with E-state index in [1.165, 1.54) is 34.2 Å². The van der Waals surface area contributed by atoms with Crippen LogP contribution in [0, 0.1) is 13.8 Å². The number of hydrogen-bond donors (Lipinski definition) is 1. The molecular formula is C23H21Cl2N5OS2. The molecule has 0 atom stereocenters. The standard InChI is InChI=1S/C23H21Cl2N5OS2/c1-4-30-21(17-8-7-16(24)10-18(17)25)28-29-23(30)33-12-20(31)27-22-26-19(11-32-22)15-6-5-13(2)14(3)9-15/h5-11H,4,12H2,1-3H3,(H,26,27,31). The van der Waals surface area contributed by atoms with Crippen LogP contribution in [0.4, 0.5) is 5.13 Å². The SMILES string of the molecule is CCn1c(SCC(=O)Nc2nc(-c3ccc(C)c(C)c3)cs2)nnc1-c1ccc(Cl)cc1Cl. The Morgan fingerprint density at radius 2 is 1.94 bits per heavy atom. The zero-order valence-electron chi connectivity index (χ0n) is 18.2. The van der Waals surface area contributed by atoms with Gasteiger partial charge in [-0.1, -0.05) is 47.1 Å². The van der Waals surface area contributed by atoms with Crippen LogP contribution in [0.2, 0.25) is 10.0 Å². The van der Waals surface area contributed by atoms with Crippen LogP contribution < -0.4 is 5.32 Å². The van der Waals surface area contributed by atoms with E-state index in [0.29, 0.717) is 32.7 Å². The molecule has 0 saturated carbocycles. The molecule has 0 saturated heterocycles. The van der Waals surface area contributed by atoms with E-state index < -0.39 is 0 Å². The van der Waals surface area contributed by atoms with E-state index in [4.69, 9.17) is 23.2 Å². The number of hydrogen-bond acceptors (Lipinski definition) is 6. The summed E-state index contributed by atoms with van der Waals surface area (Å²) >= 11 is 15.1. The predicted molar refractivity (Wildman–Crippen MR) is 138 cm³/mol. The van der Waals surface area contributed by atoms with Gasteiger partial charge in [-0.2, -0.15) is 0 Å². The number of thioether (sulfide) groups is 1. The number of amides is 1. The van der Waals surface area contributed by atoms with Crippen LogP contribution >= 0.6 is 46.3 Å². The van der Waals surface area contributed by atoms with E-state index >= 15 is 0 Å². The van der Waals surface area contributed by atoms with E-state index in [1.54, 1.807) is 12.1 Å². The summed E-state index contributed by atoms with van der Waals surface area (Å²) in [4.78, 5) is 17.1. The van der Waals surface area contributed by atoms with Crippen molar-refractivity contribution in [2.45, 2.75) is 32.5 Å². The summed E-state index contributed by atoms with van der Waals surface area (Å²) in [6, 6.07) is 11.5. The molecule has 0 bridgehead atoms. The van der Waals surface area contributed by atoms with Crippen molar-refractivity contribution in [3.63, 3.8) is 0 Å². The van der Waals surface area contributed by atoms with Gasteiger partial charge in [-0.3, -0.25) is 4.79 Å². The molecule has 0 aliphatic rings. The summed E-state index contributed by atoms with van der Waals surface area (Å²) in [7, 11) is 0. The Kier molecular flexibility index (Phi) is 7.38. The summed E-state index contributed by atoms with van der Waals surface area (Å²) in [5.41, 5.74) is 5.08. The molecule has 0 aliphatic heterocycles. The summed E-state index contributed by atoms with van der Waals surface area (Å²) < 4.78 is 1.92. The van der Waals surface area contributed by atoms with Crippen LogP contribution in [0.5, 0.6) is 0 Å². The fraction of sp³-hybridized carbons (Fsp3) is 0.217. The third-order valence-electron chi connectivity index (χ3n) is 5.09. The Morgan fingerprint density at radius 3 is 2.67 bits per heavy atom. The number of rotatable bonds is 7. The highest BCUT2D eigenvalue weighted by Crippen LogP contribution is 2.32. The van der Waals surface area contributed by atoms with Gasteiger partial charge in [0.2, 0.25) is 5.91 Å². The second-order valence-electron chi connectivity index (χ2n) is 7.35. The Bertz CT molecular complexity index is 1320. The van der Waals surface area contributed by atoms with Crippen LogP contribution in [-0.2, 0) is 11.3 Å². The number of halogens is 2. The van der Waals surface area contributed by atoms with Crippen molar-refractivity contribution in [1.82, 2.24) is 19.7 Å². The molecule has 10 heteroatoms. The Balaban J connectivity index is 1.42. The monoisotopic (exact) mass is 517 g/mol. The minimum atomic E-state index is -0.155. The van der Waals surface area contributed by atoms with Crippen molar-refractivity contribution in [3.8, 4) is 22.6 Å². The van der Waals surface area contributed by atoms with E-state index in [9.17, 15) is 4.79 Å². The van der Waals surface area contributed by atoms with Gasteiger partial charge in [0.15, 0.2) is 16.1 Å². The van der Waals surface area contributed by atoms with Gasteiger partial charge in [0.05, 0.1) is 16.5 Å². The summed E-state index contributed by atoms with van der Waals surface area (Å²) in [6.45, 7) is 6.78. The summed E-state index contributed by atoms with van der Waals surface area (Å²) in [5, 5.41) is 15.6. The number of carbonyl (C=O) groups is 1. The van der Waals surface area contributed by atoms with Gasteiger partial charge in [0, 0.05) is 28.1 Å². The molecule has 0 aliphatic carbocycles. The van der Waals surface area contributed by atoms with Gasteiger partial charge in [0.25, 0.3) is 0 Å².